The lowest BCUT2D eigenvalue weighted by Gasteiger charge is -2.26. The third kappa shape index (κ3) is 11.9. The first-order valence-corrected chi connectivity index (χ1v) is 18.1. The molecule has 0 saturated heterocycles. The standard InChI is InChI=1S/C37H49N3O.C3H8.C2H7N/c1-5-39(6-2)31-21-17-29(18-22-31)37(30-19-23-32(24-20-30)40(7-3)8-4)35-25-26-36(34-16-12-11-15-33(34)35)38-27-13-9-10-14-28-41;2*1-3-2/h11-12,15-26,37-38,41H,5-10,13-14,27-28H2,1-4H3;3H2,1-2H3;3H,1-2H3. The van der Waals surface area contributed by atoms with E-state index in [0.29, 0.717) is 0 Å². The molecular weight excluding hydrogens is 576 g/mol. The van der Waals surface area contributed by atoms with Crippen molar-refractivity contribution >= 4 is 27.8 Å². The van der Waals surface area contributed by atoms with Gasteiger partial charge < -0.3 is 25.5 Å². The fraction of sp³-hybridized carbons (Fsp3) is 0.476. The van der Waals surface area contributed by atoms with E-state index in [-0.39, 0.29) is 12.5 Å². The Morgan fingerprint density at radius 3 is 1.47 bits per heavy atom. The lowest BCUT2D eigenvalue weighted by molar-refractivity contribution is 0.283. The zero-order valence-electron chi connectivity index (χ0n) is 30.8. The van der Waals surface area contributed by atoms with Gasteiger partial charge in [0.1, 0.15) is 0 Å². The monoisotopic (exact) mass is 641 g/mol. The second-order valence-electron chi connectivity index (χ2n) is 12.0. The van der Waals surface area contributed by atoms with Crippen LogP contribution in [-0.2, 0) is 0 Å². The van der Waals surface area contributed by atoms with Gasteiger partial charge in [0, 0.05) is 67.7 Å². The van der Waals surface area contributed by atoms with Crippen LogP contribution in [0.1, 0.15) is 96.3 Å². The number of hydrogen-bond acceptors (Lipinski definition) is 5. The molecule has 258 valence electrons. The average Bonchev–Trinajstić information content (AvgIpc) is 3.10. The number of hydrogen-bond donors (Lipinski definition) is 3. The SMILES string of the molecule is CCC.CCN(CC)c1ccc(C(c2ccc(N(CC)CC)cc2)c2ccc(NCCCCCCO)c3ccccc23)cc1.CNC. The molecule has 0 unspecified atom stereocenters. The summed E-state index contributed by atoms with van der Waals surface area (Å²) in [5, 5.41) is 18.1. The van der Waals surface area contributed by atoms with Crippen LogP contribution < -0.4 is 20.4 Å². The molecule has 3 N–H and O–H groups in total. The molecule has 0 aromatic heterocycles. The van der Waals surface area contributed by atoms with Crippen LogP contribution in [0.5, 0.6) is 0 Å². The van der Waals surface area contributed by atoms with Gasteiger partial charge in [0.25, 0.3) is 0 Å². The van der Waals surface area contributed by atoms with Crippen molar-refractivity contribution < 1.29 is 5.11 Å². The van der Waals surface area contributed by atoms with Crippen molar-refractivity contribution in [3.05, 3.63) is 102 Å². The van der Waals surface area contributed by atoms with Gasteiger partial charge >= 0.3 is 0 Å². The van der Waals surface area contributed by atoms with Crippen LogP contribution in [0.15, 0.2) is 84.9 Å². The first kappa shape index (κ1) is 39.6. The molecule has 4 aromatic rings. The molecule has 0 heterocycles. The Morgan fingerprint density at radius 2 is 1.02 bits per heavy atom. The summed E-state index contributed by atoms with van der Waals surface area (Å²) in [5.41, 5.74) is 7.70. The first-order chi connectivity index (χ1) is 23.0. The van der Waals surface area contributed by atoms with Gasteiger partial charge in [-0.1, -0.05) is 87.7 Å². The highest BCUT2D eigenvalue weighted by Crippen LogP contribution is 2.39. The Balaban J connectivity index is 0.00000119. The van der Waals surface area contributed by atoms with Crippen molar-refractivity contribution in [1.29, 1.82) is 0 Å². The van der Waals surface area contributed by atoms with Gasteiger partial charge in [-0.2, -0.15) is 0 Å². The van der Waals surface area contributed by atoms with Crippen LogP contribution in [0.3, 0.4) is 0 Å². The predicted molar refractivity (Wildman–Crippen MR) is 210 cm³/mol. The molecule has 47 heavy (non-hydrogen) atoms. The molecule has 0 amide bonds. The molecule has 0 bridgehead atoms. The van der Waals surface area contributed by atoms with Crippen molar-refractivity contribution in [2.75, 3.05) is 68.5 Å². The summed E-state index contributed by atoms with van der Waals surface area (Å²) < 4.78 is 0. The lowest BCUT2D eigenvalue weighted by Crippen LogP contribution is -2.22. The third-order valence-electron chi connectivity index (χ3n) is 8.38. The van der Waals surface area contributed by atoms with Gasteiger partial charge in [-0.3, -0.25) is 0 Å². The normalized spacial score (nSPS) is 10.6. The van der Waals surface area contributed by atoms with E-state index in [4.69, 9.17) is 5.11 Å². The molecule has 0 spiro atoms. The third-order valence-corrected chi connectivity index (χ3v) is 8.38. The Labute approximate surface area is 287 Å². The molecule has 0 radical (unpaired) electrons. The maximum absolute atomic E-state index is 9.06. The van der Waals surface area contributed by atoms with Crippen LogP contribution in [0.2, 0.25) is 0 Å². The Bertz CT molecular complexity index is 1300. The molecule has 4 aromatic carbocycles. The van der Waals surface area contributed by atoms with Gasteiger partial charge in [0.2, 0.25) is 0 Å². The number of unbranched alkanes of at least 4 members (excludes halogenated alkanes) is 3. The summed E-state index contributed by atoms with van der Waals surface area (Å²) >= 11 is 0. The van der Waals surface area contributed by atoms with Crippen molar-refractivity contribution in [3.8, 4) is 0 Å². The highest BCUT2D eigenvalue weighted by molar-refractivity contribution is 5.97. The van der Waals surface area contributed by atoms with Gasteiger partial charge in [-0.25, -0.2) is 0 Å². The van der Waals surface area contributed by atoms with E-state index in [9.17, 15) is 0 Å². The molecule has 0 atom stereocenters. The summed E-state index contributed by atoms with van der Waals surface area (Å²) in [4.78, 5) is 4.80. The van der Waals surface area contributed by atoms with E-state index in [1.54, 1.807) is 0 Å². The van der Waals surface area contributed by atoms with Crippen LogP contribution in [0.4, 0.5) is 17.1 Å². The maximum Gasteiger partial charge on any atom is 0.0431 e. The van der Waals surface area contributed by atoms with Crippen LogP contribution in [0, 0.1) is 0 Å². The van der Waals surface area contributed by atoms with Crippen molar-refractivity contribution in [1.82, 2.24) is 5.32 Å². The molecule has 5 heteroatoms. The number of aliphatic hydroxyl groups excluding tert-OH is 1. The fourth-order valence-corrected chi connectivity index (χ4v) is 6.03. The molecule has 0 saturated carbocycles. The zero-order valence-corrected chi connectivity index (χ0v) is 30.8. The highest BCUT2D eigenvalue weighted by Gasteiger charge is 2.21. The largest absolute Gasteiger partial charge is 0.396 e. The summed E-state index contributed by atoms with van der Waals surface area (Å²) in [7, 11) is 3.75. The topological polar surface area (TPSA) is 50.8 Å². The number of nitrogens with one attached hydrogen (secondary N) is 2. The minimum absolute atomic E-state index is 0.129. The van der Waals surface area contributed by atoms with Crippen LogP contribution >= 0.6 is 0 Å². The van der Waals surface area contributed by atoms with Gasteiger partial charge in [-0.15, -0.1) is 0 Å². The van der Waals surface area contributed by atoms with Gasteiger partial charge in [0.05, 0.1) is 0 Å². The Kier molecular flexibility index (Phi) is 19.3. The second kappa shape index (κ2) is 22.9. The minimum atomic E-state index is 0.129. The van der Waals surface area contributed by atoms with Crippen molar-refractivity contribution in [2.24, 2.45) is 0 Å². The number of benzene rings is 4. The van der Waals surface area contributed by atoms with Crippen molar-refractivity contribution in [3.63, 3.8) is 0 Å². The first-order valence-electron chi connectivity index (χ1n) is 18.1. The van der Waals surface area contributed by atoms with Crippen molar-refractivity contribution in [2.45, 2.75) is 79.6 Å². The van der Waals surface area contributed by atoms with E-state index in [0.717, 1.165) is 58.4 Å². The number of nitrogens with zero attached hydrogens (tertiary/aromatic N) is 2. The molecule has 0 fully saturated rings. The van der Waals surface area contributed by atoms with E-state index in [1.807, 2.05) is 14.1 Å². The van der Waals surface area contributed by atoms with E-state index in [2.05, 4.69) is 147 Å². The molecule has 0 aliphatic heterocycles. The fourth-order valence-electron chi connectivity index (χ4n) is 6.03. The zero-order chi connectivity index (χ0) is 34.4. The smallest absolute Gasteiger partial charge is 0.0431 e. The van der Waals surface area contributed by atoms with E-state index in [1.165, 1.54) is 50.9 Å². The van der Waals surface area contributed by atoms with Crippen LogP contribution in [0.25, 0.3) is 10.8 Å². The maximum atomic E-state index is 9.06. The highest BCUT2D eigenvalue weighted by atomic mass is 16.2. The molecular formula is C42H64N4O. The van der Waals surface area contributed by atoms with Gasteiger partial charge in [-0.05, 0) is 107 Å². The lowest BCUT2D eigenvalue weighted by atomic mass is 9.82. The van der Waals surface area contributed by atoms with E-state index >= 15 is 0 Å². The molecule has 0 aliphatic rings. The van der Waals surface area contributed by atoms with Crippen LogP contribution in [-0.4, -0.2) is 58.5 Å². The number of anilines is 3. The summed E-state index contributed by atoms with van der Waals surface area (Å²) in [6.45, 7) is 18.4. The van der Waals surface area contributed by atoms with E-state index < -0.39 is 0 Å². The molecule has 4 rings (SSSR count). The number of rotatable bonds is 16. The molecule has 0 aliphatic carbocycles. The number of fused-ring (bicyclic) bond motifs is 1. The Hall–Kier alpha value is -3.54. The minimum Gasteiger partial charge on any atom is -0.396 e. The summed E-state index contributed by atoms with van der Waals surface area (Å²) in [6, 6.07) is 31.9. The quantitative estimate of drug-likeness (QED) is 0.0841. The second-order valence-corrected chi connectivity index (χ2v) is 12.0. The number of aliphatic hydroxyl groups is 1. The predicted octanol–water partition coefficient (Wildman–Crippen LogP) is 9.93. The Morgan fingerprint density at radius 1 is 0.574 bits per heavy atom. The van der Waals surface area contributed by atoms with Gasteiger partial charge in [0.15, 0.2) is 0 Å². The summed E-state index contributed by atoms with van der Waals surface area (Å²) in [6.07, 6.45) is 5.47. The molecule has 5 nitrogen and oxygen atoms in total. The summed E-state index contributed by atoms with van der Waals surface area (Å²) in [5.74, 6) is 0.129. The average molecular weight is 641 g/mol.